The number of halogens is 2. The van der Waals surface area contributed by atoms with Crippen molar-refractivity contribution in [3.05, 3.63) is 41.1 Å². The van der Waals surface area contributed by atoms with Gasteiger partial charge in [0.05, 0.1) is 27.9 Å². The summed E-state index contributed by atoms with van der Waals surface area (Å²) in [7, 11) is 2.22. The second kappa shape index (κ2) is 7.85. The van der Waals surface area contributed by atoms with E-state index in [0.29, 0.717) is 16.3 Å². The van der Waals surface area contributed by atoms with Crippen molar-refractivity contribution in [2.24, 2.45) is 0 Å². The third kappa shape index (κ3) is 4.29. The van der Waals surface area contributed by atoms with Gasteiger partial charge in [0, 0.05) is 18.1 Å². The zero-order valence-electron chi connectivity index (χ0n) is 12.9. The number of hydrogen-bond acceptors (Lipinski definition) is 4. The zero-order chi connectivity index (χ0) is 17.9. The van der Waals surface area contributed by atoms with Gasteiger partial charge in [-0.15, -0.1) is 0 Å². The fourth-order valence-electron chi connectivity index (χ4n) is 1.95. The Labute approximate surface area is 145 Å². The molecule has 0 spiro atoms. The third-order valence-corrected chi connectivity index (χ3v) is 6.05. The Morgan fingerprint density at radius 1 is 1.46 bits per heavy atom. The minimum absolute atomic E-state index is 0.240. The number of pyridine rings is 1. The molecule has 24 heavy (non-hydrogen) atoms. The van der Waals surface area contributed by atoms with E-state index >= 15 is 0 Å². The maximum Gasteiger partial charge on any atom is 0.348 e. The van der Waals surface area contributed by atoms with E-state index in [4.69, 9.17) is 0 Å². The average molecular weight is 391 g/mol. The van der Waals surface area contributed by atoms with Crippen LogP contribution in [0.15, 0.2) is 40.3 Å². The predicted molar refractivity (Wildman–Crippen MR) is 96.8 cm³/mol. The molecule has 0 saturated carbocycles. The molecule has 5 nitrogen and oxygen atoms in total. The van der Waals surface area contributed by atoms with Gasteiger partial charge in [-0.25, -0.2) is 13.6 Å². The van der Waals surface area contributed by atoms with Crippen LogP contribution in [0.4, 0.5) is 8.78 Å². The minimum Gasteiger partial charge on any atom is -0.295 e. The van der Waals surface area contributed by atoms with Crippen molar-refractivity contribution >= 4 is 29.3 Å². The smallest absolute Gasteiger partial charge is 0.295 e. The SMILES string of the molecule is CCS(=O)c1cccnc1-c1ccn(CC(F)(P)C(F)P)c(=O)n1. The van der Waals surface area contributed by atoms with Gasteiger partial charge in [-0.3, -0.25) is 13.8 Å². The Morgan fingerprint density at radius 2 is 2.17 bits per heavy atom. The van der Waals surface area contributed by atoms with Gasteiger partial charge in [0.1, 0.15) is 5.69 Å². The lowest BCUT2D eigenvalue weighted by Gasteiger charge is -2.22. The van der Waals surface area contributed by atoms with E-state index in [0.717, 1.165) is 4.57 Å². The summed E-state index contributed by atoms with van der Waals surface area (Å²) in [5, 5.41) is -2.29. The van der Waals surface area contributed by atoms with Crippen LogP contribution in [-0.4, -0.2) is 35.8 Å². The molecule has 0 radical (unpaired) electrons. The van der Waals surface area contributed by atoms with Gasteiger partial charge in [0.2, 0.25) is 0 Å². The van der Waals surface area contributed by atoms with Crippen molar-refractivity contribution in [2.75, 3.05) is 5.75 Å². The first kappa shape index (κ1) is 19.2. The van der Waals surface area contributed by atoms with Gasteiger partial charge >= 0.3 is 5.69 Å². The first-order valence-electron chi connectivity index (χ1n) is 7.05. The monoisotopic (exact) mass is 391 g/mol. The van der Waals surface area contributed by atoms with Gasteiger partial charge in [0.25, 0.3) is 0 Å². The molecule has 0 aliphatic carbocycles. The second-order valence-corrected chi connectivity index (χ2v) is 8.29. The molecule has 0 fully saturated rings. The number of hydrogen-bond donors (Lipinski definition) is 0. The molecular weight excluding hydrogens is 374 g/mol. The number of alkyl halides is 2. The van der Waals surface area contributed by atoms with Crippen molar-refractivity contribution in [1.82, 2.24) is 14.5 Å². The highest BCUT2D eigenvalue weighted by Gasteiger charge is 2.32. The van der Waals surface area contributed by atoms with Crippen LogP contribution < -0.4 is 5.69 Å². The lowest BCUT2D eigenvalue weighted by atomic mass is 10.2. The average Bonchev–Trinajstić information content (AvgIpc) is 2.55. The van der Waals surface area contributed by atoms with Crippen LogP contribution in [0.1, 0.15) is 6.92 Å². The van der Waals surface area contributed by atoms with Crippen molar-refractivity contribution in [2.45, 2.75) is 29.7 Å². The van der Waals surface area contributed by atoms with Crippen molar-refractivity contribution in [3.63, 3.8) is 0 Å². The van der Waals surface area contributed by atoms with Crippen LogP contribution >= 0.6 is 18.5 Å². The van der Waals surface area contributed by atoms with E-state index in [9.17, 15) is 17.8 Å². The molecule has 5 unspecified atom stereocenters. The van der Waals surface area contributed by atoms with Gasteiger partial charge in [-0.2, -0.15) is 4.98 Å². The molecule has 0 bridgehead atoms. The molecule has 2 rings (SSSR count). The summed E-state index contributed by atoms with van der Waals surface area (Å²) in [6.45, 7) is 1.28. The lowest BCUT2D eigenvalue weighted by Crippen LogP contribution is -2.35. The molecule has 0 aliphatic heterocycles. The van der Waals surface area contributed by atoms with E-state index in [1.165, 1.54) is 18.5 Å². The van der Waals surface area contributed by atoms with Crippen LogP contribution in [0.2, 0.25) is 0 Å². The molecule has 0 N–H and O–H groups in total. The Morgan fingerprint density at radius 3 is 2.75 bits per heavy atom. The Kier molecular flexibility index (Phi) is 6.29. The van der Waals surface area contributed by atoms with Crippen molar-refractivity contribution in [1.29, 1.82) is 0 Å². The number of nitrogens with zero attached hydrogens (tertiary/aromatic N) is 3. The van der Waals surface area contributed by atoms with Crippen LogP contribution in [0.25, 0.3) is 11.4 Å². The minimum atomic E-state index is -2.29. The first-order chi connectivity index (χ1) is 11.3. The van der Waals surface area contributed by atoms with Crippen LogP contribution in [0, 0.1) is 0 Å². The molecule has 0 saturated heterocycles. The Balaban J connectivity index is 2.42. The van der Waals surface area contributed by atoms with Crippen molar-refractivity contribution in [3.8, 4) is 11.4 Å². The predicted octanol–water partition coefficient (Wildman–Crippen LogP) is 2.14. The molecule has 2 heterocycles. The fourth-order valence-corrected chi connectivity index (χ4v) is 3.17. The van der Waals surface area contributed by atoms with Crippen molar-refractivity contribution < 1.29 is 13.0 Å². The van der Waals surface area contributed by atoms with E-state index in [2.05, 4.69) is 9.97 Å². The highest BCUT2D eigenvalue weighted by molar-refractivity contribution is 7.85. The summed E-state index contributed by atoms with van der Waals surface area (Å²) in [4.78, 5) is 20.6. The zero-order valence-corrected chi connectivity index (χ0v) is 16.0. The number of aromatic nitrogens is 3. The van der Waals surface area contributed by atoms with Gasteiger partial charge in [-0.05, 0) is 18.2 Å². The first-order valence-corrected chi connectivity index (χ1v) is 9.61. The van der Waals surface area contributed by atoms with E-state index in [-0.39, 0.29) is 5.69 Å². The summed E-state index contributed by atoms with van der Waals surface area (Å²) in [6, 6.07) is 4.78. The molecule has 10 heteroatoms. The van der Waals surface area contributed by atoms with Gasteiger partial charge < -0.3 is 0 Å². The van der Waals surface area contributed by atoms with Gasteiger partial charge in [0.15, 0.2) is 11.3 Å². The molecule has 5 atom stereocenters. The summed E-state index contributed by atoms with van der Waals surface area (Å²) < 4.78 is 40.3. The molecule has 0 amide bonds. The lowest BCUT2D eigenvalue weighted by molar-refractivity contribution is 0.172. The van der Waals surface area contributed by atoms with Crippen LogP contribution in [0.5, 0.6) is 0 Å². The number of rotatable bonds is 6. The third-order valence-electron chi connectivity index (χ3n) is 3.27. The Hall–Kier alpha value is -1.10. The largest absolute Gasteiger partial charge is 0.348 e. The summed E-state index contributed by atoms with van der Waals surface area (Å²) in [5.41, 5.74) is -0.153. The molecule has 0 aliphatic rings. The van der Waals surface area contributed by atoms with E-state index in [1.54, 1.807) is 37.5 Å². The van der Waals surface area contributed by atoms with Crippen LogP contribution in [0.3, 0.4) is 0 Å². The topological polar surface area (TPSA) is 64.8 Å². The maximum absolute atomic E-state index is 14.0. The van der Waals surface area contributed by atoms with E-state index in [1.807, 2.05) is 0 Å². The molecule has 0 aromatic carbocycles. The second-order valence-electron chi connectivity index (χ2n) is 5.04. The summed E-state index contributed by atoms with van der Waals surface area (Å²) in [5.74, 6) is -1.44. The van der Waals surface area contributed by atoms with Gasteiger partial charge in [-0.1, -0.05) is 25.4 Å². The quantitative estimate of drug-likeness (QED) is 0.708. The standard InChI is InChI=1S/C14H17F2N3O2P2S/c1-2-24(21)10-4-3-6-17-11(10)9-5-7-19(13(20)18-9)8-14(16,23)12(15)22/h3-7,12H,2,8,22-23H2,1H3. The molecule has 2 aromatic heterocycles. The van der Waals surface area contributed by atoms with Crippen LogP contribution in [-0.2, 0) is 17.3 Å². The molecular formula is C14H17F2N3O2P2S. The highest BCUT2D eigenvalue weighted by Crippen LogP contribution is 2.32. The Bertz CT molecular complexity index is 815. The molecule has 2 aromatic rings. The summed E-state index contributed by atoms with van der Waals surface area (Å²) >= 11 is 0. The fraction of sp³-hybridized carbons (Fsp3) is 0.357. The highest BCUT2D eigenvalue weighted by atomic mass is 32.2. The maximum atomic E-state index is 14.0. The normalized spacial score (nSPS) is 16.4. The van der Waals surface area contributed by atoms with E-state index < -0.39 is 34.4 Å². The summed E-state index contributed by atoms with van der Waals surface area (Å²) in [6.07, 6.45) is 2.83. The molecule has 130 valence electrons.